The van der Waals surface area contributed by atoms with E-state index in [9.17, 15) is 0 Å². The fourth-order valence-corrected chi connectivity index (χ4v) is 3.17. The highest BCUT2D eigenvalue weighted by Gasteiger charge is 2.32. The summed E-state index contributed by atoms with van der Waals surface area (Å²) in [4.78, 5) is 7.21. The lowest BCUT2D eigenvalue weighted by molar-refractivity contribution is 0.466. The van der Waals surface area contributed by atoms with E-state index in [1.165, 1.54) is 48.1 Å². The topological polar surface area (TPSA) is 16.1 Å². The Morgan fingerprint density at radius 3 is 2.81 bits per heavy atom. The Hall–Kier alpha value is -1.57. The molecule has 0 aliphatic carbocycles. The van der Waals surface area contributed by atoms with Gasteiger partial charge in [-0.1, -0.05) is 24.3 Å². The Morgan fingerprint density at radius 2 is 1.94 bits per heavy atom. The lowest BCUT2D eigenvalue weighted by Crippen LogP contribution is -2.39. The van der Waals surface area contributed by atoms with Gasteiger partial charge in [0.25, 0.3) is 0 Å². The summed E-state index contributed by atoms with van der Waals surface area (Å²) in [5, 5.41) is 2.66. The Morgan fingerprint density at radius 1 is 1.12 bits per heavy atom. The van der Waals surface area contributed by atoms with E-state index in [0.717, 1.165) is 0 Å². The Kier molecular flexibility index (Phi) is 1.59. The average Bonchev–Trinajstić information content (AvgIpc) is 2.40. The van der Waals surface area contributed by atoms with Gasteiger partial charge in [0.15, 0.2) is 0 Å². The van der Waals surface area contributed by atoms with E-state index in [1.54, 1.807) is 0 Å². The molecule has 16 heavy (non-hydrogen) atoms. The SMILES string of the molecule is c1ccc2c3c(ncc2c1)C1CCN3CC1. The molecule has 0 N–H and O–H groups in total. The summed E-state index contributed by atoms with van der Waals surface area (Å²) < 4.78 is 0. The van der Waals surface area contributed by atoms with Crippen LogP contribution in [0.4, 0.5) is 5.69 Å². The van der Waals surface area contributed by atoms with Gasteiger partial charge >= 0.3 is 0 Å². The van der Waals surface area contributed by atoms with Crippen LogP contribution in [0.25, 0.3) is 10.8 Å². The first-order valence-electron chi connectivity index (χ1n) is 6.06. The normalized spacial score (nSPS) is 19.1. The van der Waals surface area contributed by atoms with Crippen molar-refractivity contribution in [2.24, 2.45) is 0 Å². The van der Waals surface area contributed by atoms with Crippen LogP contribution in [0.1, 0.15) is 24.5 Å². The van der Waals surface area contributed by atoms with Crippen LogP contribution in [0.2, 0.25) is 0 Å². The third kappa shape index (κ3) is 0.993. The molecule has 0 spiro atoms. The molecule has 0 saturated carbocycles. The van der Waals surface area contributed by atoms with Crippen LogP contribution in [0, 0.1) is 0 Å². The number of anilines is 1. The molecule has 3 aliphatic heterocycles. The van der Waals surface area contributed by atoms with Crippen LogP contribution in [0.3, 0.4) is 0 Å². The number of hydrogen-bond acceptors (Lipinski definition) is 2. The van der Waals surface area contributed by atoms with Crippen LogP contribution in [0.5, 0.6) is 0 Å². The summed E-state index contributed by atoms with van der Waals surface area (Å²) >= 11 is 0. The van der Waals surface area contributed by atoms with Crippen LogP contribution in [-0.4, -0.2) is 18.1 Å². The third-order valence-electron chi connectivity index (χ3n) is 4.00. The zero-order valence-electron chi connectivity index (χ0n) is 9.19. The van der Waals surface area contributed by atoms with Gasteiger partial charge in [0.1, 0.15) is 0 Å². The molecular weight excluding hydrogens is 196 g/mol. The molecular formula is C14H14N2. The highest BCUT2D eigenvalue weighted by molar-refractivity contribution is 5.95. The Bertz CT molecular complexity index is 554. The van der Waals surface area contributed by atoms with Crippen molar-refractivity contribution < 1.29 is 0 Å². The van der Waals surface area contributed by atoms with E-state index >= 15 is 0 Å². The monoisotopic (exact) mass is 210 g/mol. The van der Waals surface area contributed by atoms with Crippen molar-refractivity contribution in [3.05, 3.63) is 36.2 Å². The second kappa shape index (κ2) is 2.97. The number of hydrogen-bond donors (Lipinski definition) is 0. The van der Waals surface area contributed by atoms with Crippen molar-refractivity contribution in [2.45, 2.75) is 18.8 Å². The van der Waals surface area contributed by atoms with E-state index < -0.39 is 0 Å². The van der Waals surface area contributed by atoms with E-state index in [0.29, 0.717) is 5.92 Å². The number of aromatic nitrogens is 1. The van der Waals surface area contributed by atoms with E-state index in [2.05, 4.69) is 34.1 Å². The molecule has 1 fully saturated rings. The molecule has 2 heteroatoms. The quantitative estimate of drug-likeness (QED) is 0.664. The molecule has 1 saturated heterocycles. The third-order valence-corrected chi connectivity index (χ3v) is 4.00. The van der Waals surface area contributed by atoms with Gasteiger partial charge in [0, 0.05) is 36.0 Å². The van der Waals surface area contributed by atoms with Crippen LogP contribution >= 0.6 is 0 Å². The summed E-state index contributed by atoms with van der Waals surface area (Å²) in [5.74, 6) is 0.713. The minimum Gasteiger partial charge on any atom is -0.370 e. The van der Waals surface area contributed by atoms with Gasteiger partial charge in [-0.25, -0.2) is 0 Å². The number of rotatable bonds is 0. The van der Waals surface area contributed by atoms with E-state index in [-0.39, 0.29) is 0 Å². The first-order chi connectivity index (χ1) is 7.93. The van der Waals surface area contributed by atoms with Gasteiger partial charge in [-0.3, -0.25) is 4.98 Å². The standard InChI is InChI=1S/C14H14N2/c1-2-4-12-11(3-1)9-15-13-10-5-7-16(8-6-10)14(12)13/h1-4,9-10H,5-8H2. The highest BCUT2D eigenvalue weighted by Crippen LogP contribution is 2.44. The molecule has 2 nitrogen and oxygen atoms in total. The Balaban J connectivity index is 2.10. The summed E-state index contributed by atoms with van der Waals surface area (Å²) in [6, 6.07) is 8.61. The van der Waals surface area contributed by atoms with Gasteiger partial charge in [0.2, 0.25) is 0 Å². The minimum absolute atomic E-state index is 0.713. The molecule has 80 valence electrons. The molecule has 1 aromatic carbocycles. The molecule has 3 aliphatic rings. The zero-order valence-corrected chi connectivity index (χ0v) is 9.19. The molecule has 2 bridgehead atoms. The molecule has 1 aromatic heterocycles. The summed E-state index contributed by atoms with van der Waals surface area (Å²) in [6.07, 6.45) is 4.62. The second-order valence-electron chi connectivity index (χ2n) is 4.84. The molecule has 4 heterocycles. The minimum atomic E-state index is 0.713. The number of pyridine rings is 1. The first kappa shape index (κ1) is 8.57. The fraction of sp³-hybridized carbons (Fsp3) is 0.357. The summed E-state index contributed by atoms with van der Waals surface area (Å²) in [5.41, 5.74) is 2.76. The number of benzene rings is 1. The van der Waals surface area contributed by atoms with Crippen LogP contribution < -0.4 is 4.90 Å². The smallest absolute Gasteiger partial charge is 0.0675 e. The maximum Gasteiger partial charge on any atom is 0.0675 e. The van der Waals surface area contributed by atoms with Gasteiger partial charge in [0.05, 0.1) is 11.4 Å². The van der Waals surface area contributed by atoms with Crippen molar-refractivity contribution in [3.8, 4) is 0 Å². The van der Waals surface area contributed by atoms with Crippen LogP contribution in [0.15, 0.2) is 30.5 Å². The largest absolute Gasteiger partial charge is 0.370 e. The second-order valence-corrected chi connectivity index (χ2v) is 4.84. The maximum absolute atomic E-state index is 4.69. The van der Waals surface area contributed by atoms with Gasteiger partial charge in [-0.05, 0) is 12.8 Å². The van der Waals surface area contributed by atoms with Gasteiger partial charge < -0.3 is 4.90 Å². The average molecular weight is 210 g/mol. The molecule has 0 unspecified atom stereocenters. The number of nitrogens with zero attached hydrogens (tertiary/aromatic N) is 2. The molecule has 0 amide bonds. The van der Waals surface area contributed by atoms with Crippen LogP contribution in [-0.2, 0) is 0 Å². The van der Waals surface area contributed by atoms with E-state index in [4.69, 9.17) is 0 Å². The lowest BCUT2D eigenvalue weighted by Gasteiger charge is -2.41. The highest BCUT2D eigenvalue weighted by atomic mass is 15.2. The predicted molar refractivity (Wildman–Crippen MR) is 65.9 cm³/mol. The molecule has 5 rings (SSSR count). The van der Waals surface area contributed by atoms with Crippen molar-refractivity contribution in [2.75, 3.05) is 18.0 Å². The van der Waals surface area contributed by atoms with Crippen molar-refractivity contribution in [1.29, 1.82) is 0 Å². The fourth-order valence-electron chi connectivity index (χ4n) is 3.17. The molecule has 0 radical (unpaired) electrons. The molecule has 2 aromatic rings. The summed E-state index contributed by atoms with van der Waals surface area (Å²) in [7, 11) is 0. The van der Waals surface area contributed by atoms with Gasteiger partial charge in [-0.2, -0.15) is 0 Å². The number of fused-ring (bicyclic) bond motifs is 3. The zero-order chi connectivity index (χ0) is 10.5. The van der Waals surface area contributed by atoms with E-state index in [1.807, 2.05) is 6.20 Å². The number of piperidine rings is 1. The van der Waals surface area contributed by atoms with Crippen molar-refractivity contribution >= 4 is 16.5 Å². The maximum atomic E-state index is 4.69. The first-order valence-corrected chi connectivity index (χ1v) is 6.06. The lowest BCUT2D eigenvalue weighted by atomic mass is 9.85. The predicted octanol–water partition coefficient (Wildman–Crippen LogP) is 2.93. The molecule has 0 atom stereocenters. The van der Waals surface area contributed by atoms with Crippen molar-refractivity contribution in [3.63, 3.8) is 0 Å². The van der Waals surface area contributed by atoms with Crippen molar-refractivity contribution in [1.82, 2.24) is 4.98 Å². The summed E-state index contributed by atoms with van der Waals surface area (Å²) in [6.45, 7) is 2.43. The Labute approximate surface area is 94.9 Å². The van der Waals surface area contributed by atoms with Gasteiger partial charge in [-0.15, -0.1) is 0 Å².